The number of unbranched alkanes of at least 4 members (excludes halogenated alkanes) is 1. The van der Waals surface area contributed by atoms with Gasteiger partial charge in [0.25, 0.3) is 0 Å². The lowest BCUT2D eigenvalue weighted by Gasteiger charge is -2.08. The van der Waals surface area contributed by atoms with Crippen molar-refractivity contribution in [1.82, 2.24) is 5.32 Å². The minimum absolute atomic E-state index is 0.344. The zero-order valence-corrected chi connectivity index (χ0v) is 9.21. The van der Waals surface area contributed by atoms with Gasteiger partial charge in [0.05, 0.1) is 0 Å². The molecule has 0 aromatic carbocycles. The monoisotopic (exact) mass is 245 g/mol. The van der Waals surface area contributed by atoms with Crippen LogP contribution in [0.3, 0.4) is 0 Å². The molecule has 0 saturated heterocycles. The third-order valence-corrected chi connectivity index (χ3v) is 2.11. The Morgan fingerprint density at radius 2 is 2.07 bits per heavy atom. The van der Waals surface area contributed by atoms with E-state index in [2.05, 4.69) is 10.1 Å². The zero-order valence-electron chi connectivity index (χ0n) is 8.39. The number of carbonyl (C=O) groups excluding carboxylic acids is 1. The molecule has 0 spiro atoms. The van der Waals surface area contributed by atoms with Gasteiger partial charge in [0.15, 0.2) is 6.61 Å². The Morgan fingerprint density at radius 3 is 2.60 bits per heavy atom. The number of alkyl carbamates (subject to hydrolysis) is 1. The summed E-state index contributed by atoms with van der Waals surface area (Å²) in [7, 11) is 0. The highest BCUT2D eigenvalue weighted by atomic mass is 32.2. The van der Waals surface area contributed by atoms with Crippen LogP contribution in [0.25, 0.3) is 0 Å². The smallest absolute Gasteiger partial charge is 0.422 e. The van der Waals surface area contributed by atoms with Gasteiger partial charge in [-0.15, -0.1) is 0 Å². The molecule has 1 N–H and O–H groups in total. The average Bonchev–Trinajstić information content (AvgIpc) is 2.13. The van der Waals surface area contributed by atoms with Crippen LogP contribution in [0.5, 0.6) is 0 Å². The van der Waals surface area contributed by atoms with Crippen molar-refractivity contribution in [3.8, 4) is 0 Å². The fourth-order valence-corrected chi connectivity index (χ4v) is 1.25. The van der Waals surface area contributed by atoms with Crippen molar-refractivity contribution in [1.29, 1.82) is 0 Å². The van der Waals surface area contributed by atoms with E-state index in [0.29, 0.717) is 6.54 Å². The van der Waals surface area contributed by atoms with E-state index < -0.39 is 18.9 Å². The first-order valence-corrected chi connectivity index (χ1v) is 5.81. The summed E-state index contributed by atoms with van der Waals surface area (Å²) in [4.78, 5) is 10.7. The summed E-state index contributed by atoms with van der Waals surface area (Å²) >= 11 is 1.68. The number of amides is 1. The number of carbonyl (C=O) groups is 1. The normalized spacial score (nSPS) is 11.2. The minimum atomic E-state index is -4.46. The van der Waals surface area contributed by atoms with Crippen LogP contribution in [0.2, 0.25) is 0 Å². The topological polar surface area (TPSA) is 38.3 Å². The molecule has 0 unspecified atom stereocenters. The first-order valence-electron chi connectivity index (χ1n) is 4.42. The summed E-state index contributed by atoms with van der Waals surface area (Å²) < 4.78 is 38.7. The Morgan fingerprint density at radius 1 is 1.40 bits per heavy atom. The van der Waals surface area contributed by atoms with E-state index in [0.717, 1.165) is 18.6 Å². The molecule has 15 heavy (non-hydrogen) atoms. The molecule has 0 saturated carbocycles. The lowest BCUT2D eigenvalue weighted by atomic mass is 10.3. The number of nitrogens with one attached hydrogen (secondary N) is 1. The van der Waals surface area contributed by atoms with Gasteiger partial charge in [0.1, 0.15) is 0 Å². The highest BCUT2D eigenvalue weighted by molar-refractivity contribution is 7.98. The van der Waals surface area contributed by atoms with Crippen LogP contribution < -0.4 is 5.32 Å². The number of halogens is 3. The molecule has 0 aliphatic rings. The van der Waals surface area contributed by atoms with Gasteiger partial charge in [0.2, 0.25) is 0 Å². The first kappa shape index (κ1) is 14.4. The zero-order chi connectivity index (χ0) is 11.7. The van der Waals surface area contributed by atoms with E-state index in [1.807, 2.05) is 6.26 Å². The van der Waals surface area contributed by atoms with Gasteiger partial charge < -0.3 is 10.1 Å². The van der Waals surface area contributed by atoms with Crippen molar-refractivity contribution in [2.45, 2.75) is 19.0 Å². The van der Waals surface area contributed by atoms with Gasteiger partial charge in [0, 0.05) is 6.54 Å². The van der Waals surface area contributed by atoms with E-state index in [1.54, 1.807) is 11.8 Å². The standard InChI is InChI=1S/C8H14F3NO2S/c1-15-5-3-2-4-12-7(13)14-6-8(9,10)11/h2-6H2,1H3,(H,12,13). The summed E-state index contributed by atoms with van der Waals surface area (Å²) in [5.41, 5.74) is 0. The molecule has 0 bridgehead atoms. The lowest BCUT2D eigenvalue weighted by Crippen LogP contribution is -2.29. The Kier molecular flexibility index (Phi) is 7.37. The quantitative estimate of drug-likeness (QED) is 0.730. The number of thioether (sulfide) groups is 1. The Hall–Kier alpha value is -0.590. The second-order valence-corrected chi connectivity index (χ2v) is 3.80. The third-order valence-electron chi connectivity index (χ3n) is 1.41. The maximum absolute atomic E-state index is 11.6. The third kappa shape index (κ3) is 11.3. The lowest BCUT2D eigenvalue weighted by molar-refractivity contribution is -0.160. The molecule has 1 amide bonds. The molecular formula is C8H14F3NO2S. The number of alkyl halides is 3. The van der Waals surface area contributed by atoms with Crippen LogP contribution in [0.4, 0.5) is 18.0 Å². The highest BCUT2D eigenvalue weighted by Gasteiger charge is 2.29. The summed E-state index contributed by atoms with van der Waals surface area (Å²) in [5, 5.41) is 2.24. The van der Waals surface area contributed by atoms with Crippen LogP contribution in [-0.4, -0.2) is 37.4 Å². The summed E-state index contributed by atoms with van der Waals surface area (Å²) in [6.45, 7) is -1.19. The van der Waals surface area contributed by atoms with E-state index in [1.165, 1.54) is 0 Å². The van der Waals surface area contributed by atoms with Crippen molar-refractivity contribution in [3.05, 3.63) is 0 Å². The van der Waals surface area contributed by atoms with E-state index in [4.69, 9.17) is 0 Å². The molecule has 3 nitrogen and oxygen atoms in total. The second kappa shape index (κ2) is 7.67. The first-order chi connectivity index (χ1) is 6.95. The van der Waals surface area contributed by atoms with Crippen LogP contribution in [0.1, 0.15) is 12.8 Å². The van der Waals surface area contributed by atoms with Crippen molar-refractivity contribution in [3.63, 3.8) is 0 Å². The fraction of sp³-hybridized carbons (Fsp3) is 0.875. The predicted molar refractivity (Wildman–Crippen MR) is 53.0 cm³/mol. The maximum Gasteiger partial charge on any atom is 0.422 e. The molecule has 0 rings (SSSR count). The molecular weight excluding hydrogens is 231 g/mol. The number of hydrogen-bond acceptors (Lipinski definition) is 3. The van der Waals surface area contributed by atoms with Crippen LogP contribution >= 0.6 is 11.8 Å². The molecule has 0 aliphatic heterocycles. The van der Waals surface area contributed by atoms with Crippen molar-refractivity contribution < 1.29 is 22.7 Å². The van der Waals surface area contributed by atoms with E-state index in [-0.39, 0.29) is 0 Å². The summed E-state index contributed by atoms with van der Waals surface area (Å²) in [5.74, 6) is 0.972. The molecule has 0 atom stereocenters. The van der Waals surface area contributed by atoms with Gasteiger partial charge in [-0.25, -0.2) is 4.79 Å². The Balaban J connectivity index is 3.34. The number of hydrogen-bond donors (Lipinski definition) is 1. The molecule has 0 aromatic heterocycles. The number of ether oxygens (including phenoxy) is 1. The SMILES string of the molecule is CSCCCCNC(=O)OCC(F)(F)F. The average molecular weight is 245 g/mol. The highest BCUT2D eigenvalue weighted by Crippen LogP contribution is 2.14. The molecule has 90 valence electrons. The van der Waals surface area contributed by atoms with Gasteiger partial charge in [-0.2, -0.15) is 24.9 Å². The predicted octanol–water partition coefficient (Wildman–Crippen LogP) is 2.42. The Labute approximate surface area is 90.7 Å². The van der Waals surface area contributed by atoms with E-state index in [9.17, 15) is 18.0 Å². The largest absolute Gasteiger partial charge is 0.440 e. The molecule has 0 heterocycles. The number of rotatable bonds is 6. The van der Waals surface area contributed by atoms with Gasteiger partial charge >= 0.3 is 12.3 Å². The Bertz CT molecular complexity index is 187. The molecule has 7 heteroatoms. The molecule has 0 fully saturated rings. The molecule has 0 radical (unpaired) electrons. The van der Waals surface area contributed by atoms with E-state index >= 15 is 0 Å². The molecule has 0 aromatic rings. The summed E-state index contributed by atoms with van der Waals surface area (Å²) in [6.07, 6.45) is -1.86. The second-order valence-electron chi connectivity index (χ2n) is 2.82. The maximum atomic E-state index is 11.6. The van der Waals surface area contributed by atoms with Crippen molar-refractivity contribution >= 4 is 17.9 Å². The van der Waals surface area contributed by atoms with Crippen LogP contribution in [0.15, 0.2) is 0 Å². The van der Waals surface area contributed by atoms with Crippen LogP contribution in [0, 0.1) is 0 Å². The summed E-state index contributed by atoms with van der Waals surface area (Å²) in [6, 6.07) is 0. The van der Waals surface area contributed by atoms with Gasteiger partial charge in [-0.05, 0) is 24.9 Å². The molecule has 0 aliphatic carbocycles. The fourth-order valence-electron chi connectivity index (χ4n) is 0.760. The van der Waals surface area contributed by atoms with Gasteiger partial charge in [-0.3, -0.25) is 0 Å². The van der Waals surface area contributed by atoms with Crippen LogP contribution in [-0.2, 0) is 4.74 Å². The van der Waals surface area contributed by atoms with Crippen molar-refractivity contribution in [2.75, 3.05) is 25.2 Å². The van der Waals surface area contributed by atoms with Gasteiger partial charge in [-0.1, -0.05) is 0 Å². The minimum Gasteiger partial charge on any atom is -0.440 e. The van der Waals surface area contributed by atoms with Crippen molar-refractivity contribution in [2.24, 2.45) is 0 Å².